The average molecular weight is 288 g/mol. The zero-order chi connectivity index (χ0) is 15.0. The summed E-state index contributed by atoms with van der Waals surface area (Å²) < 4.78 is 13.7. The van der Waals surface area contributed by atoms with Gasteiger partial charge in [0.2, 0.25) is 0 Å². The molecule has 2 heterocycles. The molecule has 21 heavy (non-hydrogen) atoms. The first-order chi connectivity index (χ1) is 10.1. The molecule has 1 unspecified atom stereocenters. The molecule has 1 aromatic carbocycles. The molecule has 0 aliphatic carbocycles. The first kappa shape index (κ1) is 13.4. The van der Waals surface area contributed by atoms with Crippen molar-refractivity contribution in [3.05, 3.63) is 29.6 Å². The van der Waals surface area contributed by atoms with Crippen LogP contribution in [0.5, 0.6) is 0 Å². The van der Waals surface area contributed by atoms with Crippen molar-refractivity contribution in [2.24, 2.45) is 0 Å². The average Bonchev–Trinajstić information content (AvgIpc) is 2.72. The smallest absolute Gasteiger partial charge is 0.322 e. The highest BCUT2D eigenvalue weighted by Gasteiger charge is 2.48. The molecule has 0 aromatic heterocycles. The Balaban J connectivity index is 1.95. The summed E-state index contributed by atoms with van der Waals surface area (Å²) >= 11 is 0. The second-order valence-corrected chi connectivity index (χ2v) is 5.26. The molecule has 1 aromatic rings. The molecule has 0 radical (unpaired) electrons. The van der Waals surface area contributed by atoms with Crippen LogP contribution in [0.1, 0.15) is 18.4 Å². The largest absolute Gasteiger partial charge is 0.367 e. The monoisotopic (exact) mass is 288 g/mol. The first-order valence-electron chi connectivity index (χ1n) is 6.63. The quantitative estimate of drug-likeness (QED) is 0.751. The van der Waals surface area contributed by atoms with E-state index >= 15 is 0 Å². The van der Waals surface area contributed by atoms with Gasteiger partial charge in [-0.2, -0.15) is 5.26 Å². The number of rotatable bonds is 1. The predicted molar refractivity (Wildman–Crippen MR) is 72.0 cm³/mol. The lowest BCUT2D eigenvalue weighted by Crippen LogP contribution is -2.58. The third-order valence-corrected chi connectivity index (χ3v) is 3.95. The van der Waals surface area contributed by atoms with Crippen molar-refractivity contribution in [2.75, 3.05) is 18.0 Å². The second kappa shape index (κ2) is 4.74. The van der Waals surface area contributed by atoms with Crippen molar-refractivity contribution in [3.63, 3.8) is 0 Å². The zero-order valence-electron chi connectivity index (χ0n) is 11.1. The zero-order valence-corrected chi connectivity index (χ0v) is 11.1. The van der Waals surface area contributed by atoms with Crippen LogP contribution in [0.2, 0.25) is 0 Å². The van der Waals surface area contributed by atoms with E-state index in [0.717, 1.165) is 0 Å². The fourth-order valence-corrected chi connectivity index (χ4v) is 2.96. The van der Waals surface area contributed by atoms with E-state index in [-0.39, 0.29) is 18.0 Å². The molecule has 2 saturated heterocycles. The molecule has 3 amide bonds. The number of benzene rings is 1. The number of anilines is 1. The number of nitrogens with one attached hydrogen (secondary N) is 2. The maximum absolute atomic E-state index is 13.7. The number of nitrogens with zero attached hydrogens (tertiary/aromatic N) is 2. The topological polar surface area (TPSA) is 85.2 Å². The van der Waals surface area contributed by atoms with Crippen LogP contribution in [0.15, 0.2) is 18.2 Å². The van der Waals surface area contributed by atoms with E-state index in [9.17, 15) is 14.0 Å². The van der Waals surface area contributed by atoms with E-state index in [1.807, 2.05) is 6.07 Å². The Morgan fingerprint density at radius 2 is 2.19 bits per heavy atom. The highest BCUT2D eigenvalue weighted by molar-refractivity contribution is 6.07. The molecule has 108 valence electrons. The van der Waals surface area contributed by atoms with Crippen LogP contribution in [-0.4, -0.2) is 30.6 Å². The first-order valence-corrected chi connectivity index (χ1v) is 6.63. The van der Waals surface area contributed by atoms with Gasteiger partial charge in [0.1, 0.15) is 23.0 Å². The lowest BCUT2D eigenvalue weighted by molar-refractivity contribution is -0.124. The number of carbonyl (C=O) groups is 2. The van der Waals surface area contributed by atoms with Crippen molar-refractivity contribution in [1.29, 1.82) is 5.26 Å². The van der Waals surface area contributed by atoms with Crippen molar-refractivity contribution in [2.45, 2.75) is 18.4 Å². The van der Waals surface area contributed by atoms with Gasteiger partial charge >= 0.3 is 6.03 Å². The van der Waals surface area contributed by atoms with E-state index in [2.05, 4.69) is 10.6 Å². The highest BCUT2D eigenvalue weighted by Crippen LogP contribution is 2.30. The van der Waals surface area contributed by atoms with Crippen LogP contribution in [0.3, 0.4) is 0 Å². The lowest BCUT2D eigenvalue weighted by atomic mass is 9.88. The minimum Gasteiger partial charge on any atom is -0.367 e. The summed E-state index contributed by atoms with van der Waals surface area (Å²) in [6.45, 7) is 0.825. The number of imide groups is 1. The van der Waals surface area contributed by atoms with Crippen molar-refractivity contribution < 1.29 is 14.0 Å². The van der Waals surface area contributed by atoms with E-state index < -0.39 is 17.4 Å². The van der Waals surface area contributed by atoms with Crippen LogP contribution in [0.4, 0.5) is 14.9 Å². The molecule has 6 nitrogen and oxygen atoms in total. The molecule has 2 aliphatic heterocycles. The Labute approximate surface area is 120 Å². The predicted octanol–water partition coefficient (Wildman–Crippen LogP) is 0.876. The summed E-state index contributed by atoms with van der Waals surface area (Å²) in [5.74, 6) is -0.957. The normalized spacial score (nSPS) is 24.7. The summed E-state index contributed by atoms with van der Waals surface area (Å²) in [5.41, 5.74) is -0.584. The number of hydrogen-bond acceptors (Lipinski definition) is 4. The maximum Gasteiger partial charge on any atom is 0.322 e. The summed E-state index contributed by atoms with van der Waals surface area (Å²) in [7, 11) is 0. The number of piperidine rings is 1. The van der Waals surface area contributed by atoms with E-state index in [4.69, 9.17) is 5.26 Å². The molecular formula is C14H13FN4O2. The maximum atomic E-state index is 13.7. The SMILES string of the molecule is N#Cc1c(F)cccc1N1CCCC2(C1)NC(=O)NC2=O. The van der Waals surface area contributed by atoms with Crippen LogP contribution in [0, 0.1) is 17.1 Å². The Kier molecular flexibility index (Phi) is 3.01. The van der Waals surface area contributed by atoms with Gasteiger partial charge in [0, 0.05) is 6.54 Å². The van der Waals surface area contributed by atoms with Gasteiger partial charge in [-0.15, -0.1) is 0 Å². The molecule has 3 rings (SSSR count). The number of urea groups is 1. The molecule has 0 bridgehead atoms. The lowest BCUT2D eigenvalue weighted by Gasteiger charge is -2.39. The molecule has 2 aliphatic rings. The van der Waals surface area contributed by atoms with Gasteiger partial charge in [-0.05, 0) is 25.0 Å². The minimum absolute atomic E-state index is 0.0423. The summed E-state index contributed by atoms with van der Waals surface area (Å²) in [6, 6.07) is 5.75. The van der Waals surface area contributed by atoms with Gasteiger partial charge < -0.3 is 10.2 Å². The van der Waals surface area contributed by atoms with Crippen molar-refractivity contribution in [1.82, 2.24) is 10.6 Å². The highest BCUT2D eigenvalue weighted by atomic mass is 19.1. The summed E-state index contributed by atoms with van der Waals surface area (Å²) in [6.07, 6.45) is 1.19. The fraction of sp³-hybridized carbons (Fsp3) is 0.357. The van der Waals surface area contributed by atoms with E-state index in [1.54, 1.807) is 11.0 Å². The number of halogens is 1. The molecule has 2 N–H and O–H groups in total. The Bertz CT molecular complexity index is 669. The third kappa shape index (κ3) is 2.09. The second-order valence-electron chi connectivity index (χ2n) is 5.26. The summed E-state index contributed by atoms with van der Waals surface area (Å²) in [4.78, 5) is 25.1. The number of nitriles is 1. The third-order valence-electron chi connectivity index (χ3n) is 3.95. The molecule has 7 heteroatoms. The van der Waals surface area contributed by atoms with Gasteiger partial charge in [0.25, 0.3) is 5.91 Å². The molecular weight excluding hydrogens is 275 g/mol. The Morgan fingerprint density at radius 3 is 2.86 bits per heavy atom. The van der Waals surface area contributed by atoms with Crippen LogP contribution in [0.25, 0.3) is 0 Å². The van der Waals surface area contributed by atoms with Crippen LogP contribution < -0.4 is 15.5 Å². The fourth-order valence-electron chi connectivity index (χ4n) is 2.96. The van der Waals surface area contributed by atoms with Gasteiger partial charge in [0.15, 0.2) is 0 Å². The van der Waals surface area contributed by atoms with Gasteiger partial charge in [0.05, 0.1) is 12.2 Å². The van der Waals surface area contributed by atoms with Crippen LogP contribution in [-0.2, 0) is 4.79 Å². The van der Waals surface area contributed by atoms with Gasteiger partial charge in [-0.3, -0.25) is 10.1 Å². The van der Waals surface area contributed by atoms with Crippen molar-refractivity contribution in [3.8, 4) is 6.07 Å². The minimum atomic E-state index is -0.992. The molecule has 0 saturated carbocycles. The van der Waals surface area contributed by atoms with E-state index in [0.29, 0.717) is 25.1 Å². The number of hydrogen-bond donors (Lipinski definition) is 2. The molecule has 2 fully saturated rings. The van der Waals surface area contributed by atoms with Gasteiger partial charge in [-0.25, -0.2) is 9.18 Å². The summed E-state index contributed by atoms with van der Waals surface area (Å²) in [5, 5.41) is 14.0. The number of carbonyl (C=O) groups excluding carboxylic acids is 2. The standard InChI is InChI=1S/C14H13FN4O2/c15-10-3-1-4-11(9(10)7-16)19-6-2-5-14(8-19)12(20)17-13(21)18-14/h1,3-4H,2,5-6,8H2,(H2,17,18,20,21). The van der Waals surface area contributed by atoms with Crippen molar-refractivity contribution >= 4 is 17.6 Å². The van der Waals surface area contributed by atoms with Crippen LogP contribution >= 0.6 is 0 Å². The molecule has 1 atom stereocenters. The Morgan fingerprint density at radius 1 is 1.38 bits per heavy atom. The van der Waals surface area contributed by atoms with Gasteiger partial charge in [-0.1, -0.05) is 6.07 Å². The number of amides is 3. The Hall–Kier alpha value is -2.62. The molecule has 1 spiro atoms. The van der Waals surface area contributed by atoms with E-state index in [1.165, 1.54) is 12.1 Å².